The summed E-state index contributed by atoms with van der Waals surface area (Å²) in [5.74, 6) is -3.42. The van der Waals surface area contributed by atoms with Crippen LogP contribution in [0.4, 0.5) is 0 Å². The summed E-state index contributed by atoms with van der Waals surface area (Å²) in [4.78, 5) is 31.3. The first-order valence-electron chi connectivity index (χ1n) is 19.1. The number of aliphatic hydroxyl groups is 4. The van der Waals surface area contributed by atoms with Crippen molar-refractivity contribution in [2.45, 2.75) is 141 Å². The van der Waals surface area contributed by atoms with Crippen LogP contribution in [0.5, 0.6) is 0 Å². The molecule has 2 fully saturated rings. The molecule has 2 saturated heterocycles. The van der Waals surface area contributed by atoms with E-state index in [0.29, 0.717) is 18.5 Å². The van der Waals surface area contributed by atoms with Crippen LogP contribution in [0, 0.1) is 17.8 Å². The average molecular weight is 745 g/mol. The quantitative estimate of drug-likeness (QED) is 0.316. The topological polar surface area (TPSA) is 158 Å². The molecule has 2 aromatic carbocycles. The smallest absolute Gasteiger partial charge is 0.338 e. The summed E-state index contributed by atoms with van der Waals surface area (Å²) >= 11 is 0. The molecule has 12 nitrogen and oxygen atoms in total. The zero-order valence-corrected chi connectivity index (χ0v) is 33.4. The highest BCUT2D eigenvalue weighted by molar-refractivity contribution is 5.95. The van der Waals surface area contributed by atoms with E-state index < -0.39 is 77.8 Å². The van der Waals surface area contributed by atoms with Gasteiger partial charge in [0, 0.05) is 18.5 Å². The normalized spacial score (nSPS) is 40.0. The fourth-order valence-corrected chi connectivity index (χ4v) is 8.36. The number of esters is 2. The lowest BCUT2D eigenvalue weighted by Gasteiger charge is -2.47. The molecule has 0 aliphatic carbocycles. The van der Waals surface area contributed by atoms with Crippen molar-refractivity contribution in [1.82, 2.24) is 9.80 Å². The van der Waals surface area contributed by atoms with Gasteiger partial charge in [0.1, 0.15) is 17.8 Å². The number of carbonyl (C=O) groups excluding carboxylic acids is 2. The third kappa shape index (κ3) is 9.77. The number of rotatable bonds is 6. The van der Waals surface area contributed by atoms with E-state index in [1.807, 2.05) is 75.1 Å². The van der Waals surface area contributed by atoms with Crippen molar-refractivity contribution in [1.29, 1.82) is 0 Å². The van der Waals surface area contributed by atoms with Crippen molar-refractivity contribution in [3.05, 3.63) is 48.0 Å². The molecular formula is C41H64N2O10. The van der Waals surface area contributed by atoms with Gasteiger partial charge in [0.2, 0.25) is 0 Å². The molecule has 298 valence electrons. The average Bonchev–Trinajstić information content (AvgIpc) is 3.10. The van der Waals surface area contributed by atoms with Gasteiger partial charge in [-0.05, 0) is 104 Å². The molecule has 2 aliphatic rings. The molecule has 0 saturated carbocycles. The minimum atomic E-state index is -1.79. The van der Waals surface area contributed by atoms with E-state index >= 15 is 0 Å². The van der Waals surface area contributed by atoms with Gasteiger partial charge >= 0.3 is 11.9 Å². The van der Waals surface area contributed by atoms with E-state index in [0.717, 1.165) is 10.8 Å². The Balaban J connectivity index is 1.72. The second kappa shape index (κ2) is 17.4. The molecule has 0 spiro atoms. The Hall–Kier alpha value is -2.68. The molecule has 0 bridgehead atoms. The van der Waals surface area contributed by atoms with Gasteiger partial charge in [0.05, 0.1) is 41.4 Å². The maximum absolute atomic E-state index is 13.8. The van der Waals surface area contributed by atoms with E-state index in [9.17, 15) is 30.0 Å². The van der Waals surface area contributed by atoms with Crippen LogP contribution >= 0.6 is 0 Å². The van der Waals surface area contributed by atoms with Gasteiger partial charge in [-0.1, -0.05) is 51.1 Å². The number of nitrogens with zero attached hydrogens (tertiary/aromatic N) is 2. The van der Waals surface area contributed by atoms with E-state index in [2.05, 4.69) is 0 Å². The Morgan fingerprint density at radius 2 is 1.66 bits per heavy atom. The monoisotopic (exact) mass is 744 g/mol. The first kappa shape index (κ1) is 43.1. The zero-order valence-electron chi connectivity index (χ0n) is 33.4. The van der Waals surface area contributed by atoms with E-state index in [1.54, 1.807) is 39.8 Å². The predicted octanol–water partition coefficient (Wildman–Crippen LogP) is 3.99. The lowest BCUT2D eigenvalue weighted by molar-refractivity contribution is -0.298. The molecule has 2 aliphatic heterocycles. The maximum Gasteiger partial charge on any atom is 0.338 e. The summed E-state index contributed by atoms with van der Waals surface area (Å²) in [6.45, 7) is 14.2. The van der Waals surface area contributed by atoms with E-state index in [1.165, 1.54) is 13.8 Å². The number of likely N-dealkylation sites (N-methyl/N-ethyl adjacent to an activating group) is 2. The number of hydrogen-bond acceptors (Lipinski definition) is 12. The van der Waals surface area contributed by atoms with Crippen LogP contribution in [-0.4, -0.2) is 136 Å². The molecule has 12 heteroatoms. The van der Waals surface area contributed by atoms with Gasteiger partial charge in [-0.15, -0.1) is 0 Å². The first-order valence-corrected chi connectivity index (χ1v) is 19.1. The molecule has 53 heavy (non-hydrogen) atoms. The van der Waals surface area contributed by atoms with Crippen LogP contribution in [0.3, 0.4) is 0 Å². The van der Waals surface area contributed by atoms with Crippen molar-refractivity contribution in [3.63, 3.8) is 0 Å². The van der Waals surface area contributed by atoms with Gasteiger partial charge in [-0.25, -0.2) is 4.79 Å². The second-order valence-electron chi connectivity index (χ2n) is 16.6. The SMILES string of the molecule is CC[C@H]1OC(=O)[C@H](C)[C@@H](O)[C@H](C)[C@@H](O[C@@H]2O[C@H](C)C[C@H](N(C)C)[C@H]2OC(=O)c2ccc3ccccc3c2)[C@](C)(O)C[C@@H](C)CN(C)[C@H](C)[C@@H](O)[C@]1(C)O. The van der Waals surface area contributed by atoms with Crippen molar-refractivity contribution >= 4 is 22.7 Å². The molecule has 4 rings (SSSR count). The Labute approximate surface area is 315 Å². The highest BCUT2D eigenvalue weighted by Crippen LogP contribution is 2.37. The Morgan fingerprint density at radius 3 is 2.28 bits per heavy atom. The maximum atomic E-state index is 13.8. The van der Waals surface area contributed by atoms with Crippen molar-refractivity contribution < 1.29 is 49.0 Å². The molecule has 0 unspecified atom stereocenters. The molecular weight excluding hydrogens is 680 g/mol. The Kier molecular flexibility index (Phi) is 14.1. The van der Waals surface area contributed by atoms with Crippen LogP contribution in [0.25, 0.3) is 10.8 Å². The molecule has 14 atom stereocenters. The summed E-state index contributed by atoms with van der Waals surface area (Å²) in [6, 6.07) is 12.3. The van der Waals surface area contributed by atoms with E-state index in [-0.39, 0.29) is 30.9 Å². The highest BCUT2D eigenvalue weighted by atomic mass is 16.7. The molecule has 0 aromatic heterocycles. The zero-order chi connectivity index (χ0) is 39.6. The number of hydrogen-bond donors (Lipinski definition) is 4. The number of fused-ring (bicyclic) bond motifs is 1. The summed E-state index contributed by atoms with van der Waals surface area (Å²) in [5.41, 5.74) is -3.00. The minimum absolute atomic E-state index is 0.158. The van der Waals surface area contributed by atoms with E-state index in [4.69, 9.17) is 18.9 Å². The van der Waals surface area contributed by atoms with Crippen LogP contribution in [-0.2, 0) is 23.7 Å². The Bertz CT molecular complexity index is 1530. The third-order valence-electron chi connectivity index (χ3n) is 11.7. The lowest BCUT2D eigenvalue weighted by Crippen LogP contribution is -2.60. The molecule has 0 radical (unpaired) electrons. The summed E-state index contributed by atoms with van der Waals surface area (Å²) in [7, 11) is 5.62. The van der Waals surface area contributed by atoms with Gasteiger partial charge < -0.3 is 49.2 Å². The summed E-state index contributed by atoms with van der Waals surface area (Å²) in [5, 5.41) is 48.9. The first-order chi connectivity index (χ1) is 24.7. The Morgan fingerprint density at radius 1 is 1.02 bits per heavy atom. The number of benzene rings is 2. The van der Waals surface area contributed by atoms with Gasteiger partial charge in [-0.2, -0.15) is 0 Å². The van der Waals surface area contributed by atoms with Crippen LogP contribution in [0.15, 0.2) is 42.5 Å². The van der Waals surface area contributed by atoms with Crippen molar-refractivity contribution in [2.75, 3.05) is 27.7 Å². The van der Waals surface area contributed by atoms with Gasteiger partial charge in [-0.3, -0.25) is 4.79 Å². The fourth-order valence-electron chi connectivity index (χ4n) is 8.36. The number of ether oxygens (including phenoxy) is 4. The van der Waals surface area contributed by atoms with Gasteiger partial charge in [0.25, 0.3) is 0 Å². The molecule has 2 heterocycles. The summed E-state index contributed by atoms with van der Waals surface area (Å²) < 4.78 is 25.2. The number of cyclic esters (lactones) is 1. The lowest BCUT2D eigenvalue weighted by atomic mass is 9.78. The minimum Gasteiger partial charge on any atom is -0.459 e. The van der Waals surface area contributed by atoms with Crippen molar-refractivity contribution in [3.8, 4) is 0 Å². The fraction of sp³-hybridized carbons (Fsp3) is 0.707. The van der Waals surface area contributed by atoms with Crippen LogP contribution in [0.2, 0.25) is 0 Å². The summed E-state index contributed by atoms with van der Waals surface area (Å²) in [6.07, 6.45) is -6.19. The number of aliphatic hydroxyl groups excluding tert-OH is 2. The van der Waals surface area contributed by atoms with Crippen LogP contribution in [0.1, 0.15) is 85.0 Å². The largest absolute Gasteiger partial charge is 0.459 e. The highest BCUT2D eigenvalue weighted by Gasteiger charge is 2.51. The predicted molar refractivity (Wildman–Crippen MR) is 202 cm³/mol. The second-order valence-corrected chi connectivity index (χ2v) is 16.6. The van der Waals surface area contributed by atoms with Crippen LogP contribution < -0.4 is 0 Å². The standard InChI is InChI=1S/C41H64N2O10/c1-12-32-41(8,49)35(45)27(6)43(11)22-23(2)21-40(7,48)36(25(4)33(44)26(5)37(46)51-32)53-39-34(31(42(9)10)19-24(3)50-39)52-38(47)30-18-17-28-15-13-14-16-29(28)20-30/h13-18,20,23-27,31-36,39,44-45,48-49H,12,19,21-22H2,1-11H3/t23-,24-,25+,26-,27-,31+,32-,33+,34-,35-,36-,39+,40-,41-/m1/s1. The van der Waals surface area contributed by atoms with Crippen molar-refractivity contribution in [2.24, 2.45) is 17.8 Å². The third-order valence-corrected chi connectivity index (χ3v) is 11.7. The van der Waals surface area contributed by atoms with Gasteiger partial charge in [0.15, 0.2) is 12.4 Å². The molecule has 4 N–H and O–H groups in total. The number of carbonyl (C=O) groups is 2. The molecule has 2 aromatic rings. The molecule has 0 amide bonds.